The van der Waals surface area contributed by atoms with Gasteiger partial charge in [-0.1, -0.05) is 12.1 Å². The van der Waals surface area contributed by atoms with E-state index >= 15 is 0 Å². The molecule has 1 unspecified atom stereocenters. The number of anilines is 1. The summed E-state index contributed by atoms with van der Waals surface area (Å²) in [6, 6.07) is 7.58. The van der Waals surface area contributed by atoms with Gasteiger partial charge >= 0.3 is 5.97 Å². The van der Waals surface area contributed by atoms with Crippen LogP contribution in [0.5, 0.6) is 0 Å². The number of carbonyl (C=O) groups is 3. The molecule has 0 aromatic heterocycles. The molecule has 2 rings (SSSR count). The lowest BCUT2D eigenvalue weighted by Crippen LogP contribution is -2.23. The average molecular weight is 289 g/mol. The number of aliphatic carboxylic acids is 1. The number of Topliss-reactive ketones (excluding diaryl/α,β-unsaturated/α-hetero) is 2. The van der Waals surface area contributed by atoms with Crippen LogP contribution >= 0.6 is 0 Å². The first-order valence-electron chi connectivity index (χ1n) is 7.16. The second kappa shape index (κ2) is 7.02. The van der Waals surface area contributed by atoms with Crippen LogP contribution in [-0.2, 0) is 14.4 Å². The van der Waals surface area contributed by atoms with Crippen molar-refractivity contribution in [3.8, 4) is 0 Å². The van der Waals surface area contributed by atoms with E-state index in [2.05, 4.69) is 5.32 Å². The van der Waals surface area contributed by atoms with Crippen molar-refractivity contribution in [1.29, 1.82) is 0 Å². The smallest absolute Gasteiger partial charge is 0.303 e. The first-order chi connectivity index (χ1) is 10.1. The Hall–Kier alpha value is -2.17. The Morgan fingerprint density at radius 3 is 2.57 bits per heavy atom. The van der Waals surface area contributed by atoms with Gasteiger partial charge in [-0.15, -0.1) is 0 Å². The van der Waals surface area contributed by atoms with Crippen molar-refractivity contribution in [2.45, 2.75) is 38.0 Å². The van der Waals surface area contributed by atoms with Crippen molar-refractivity contribution in [2.75, 3.05) is 11.9 Å². The zero-order valence-corrected chi connectivity index (χ0v) is 11.8. The number of nitrogens with one attached hydrogen (secondary N) is 1. The lowest BCUT2D eigenvalue weighted by Gasteiger charge is -2.20. The van der Waals surface area contributed by atoms with Crippen LogP contribution in [0.3, 0.4) is 0 Å². The third-order valence-corrected chi connectivity index (χ3v) is 3.68. The molecule has 0 heterocycles. The van der Waals surface area contributed by atoms with Crippen molar-refractivity contribution in [1.82, 2.24) is 0 Å². The normalized spacial score (nSPS) is 18.6. The quantitative estimate of drug-likeness (QED) is 0.620. The van der Waals surface area contributed by atoms with Crippen molar-refractivity contribution >= 4 is 23.2 Å². The molecule has 0 amide bonds. The molecule has 0 aliphatic heterocycles. The third-order valence-electron chi connectivity index (χ3n) is 3.68. The predicted octanol–water partition coefficient (Wildman–Crippen LogP) is 2.37. The largest absolute Gasteiger partial charge is 0.481 e. The zero-order chi connectivity index (χ0) is 15.2. The fourth-order valence-corrected chi connectivity index (χ4v) is 2.53. The molecule has 21 heavy (non-hydrogen) atoms. The summed E-state index contributed by atoms with van der Waals surface area (Å²) in [5.41, 5.74) is 1.85. The van der Waals surface area contributed by atoms with Gasteiger partial charge < -0.3 is 10.4 Å². The van der Waals surface area contributed by atoms with E-state index in [0.717, 1.165) is 11.3 Å². The van der Waals surface area contributed by atoms with Crippen LogP contribution in [0.15, 0.2) is 24.3 Å². The topological polar surface area (TPSA) is 83.5 Å². The van der Waals surface area contributed by atoms with Gasteiger partial charge in [0.15, 0.2) is 0 Å². The molecule has 0 spiro atoms. The Bertz CT molecular complexity index is 536. The highest BCUT2D eigenvalue weighted by atomic mass is 16.4. The summed E-state index contributed by atoms with van der Waals surface area (Å²) in [6.07, 6.45) is 1.85. The zero-order valence-electron chi connectivity index (χ0n) is 11.8. The van der Waals surface area contributed by atoms with Gasteiger partial charge in [-0.2, -0.15) is 0 Å². The van der Waals surface area contributed by atoms with Gasteiger partial charge in [-0.05, 0) is 30.5 Å². The van der Waals surface area contributed by atoms with Crippen molar-refractivity contribution < 1.29 is 19.5 Å². The predicted molar refractivity (Wildman–Crippen MR) is 78.4 cm³/mol. The number of carboxylic acids is 1. The molecule has 1 aliphatic carbocycles. The van der Waals surface area contributed by atoms with E-state index in [1.807, 2.05) is 24.3 Å². The monoisotopic (exact) mass is 289 g/mol. The van der Waals surface area contributed by atoms with Gasteiger partial charge in [0.2, 0.25) is 0 Å². The Labute approximate surface area is 123 Å². The Morgan fingerprint density at radius 2 is 1.95 bits per heavy atom. The summed E-state index contributed by atoms with van der Waals surface area (Å²) in [7, 11) is 0. The fourth-order valence-electron chi connectivity index (χ4n) is 2.53. The summed E-state index contributed by atoms with van der Waals surface area (Å²) in [4.78, 5) is 33.5. The van der Waals surface area contributed by atoms with Gasteiger partial charge in [-0.3, -0.25) is 14.4 Å². The minimum absolute atomic E-state index is 0.00779. The Kier molecular flexibility index (Phi) is 5.09. The van der Waals surface area contributed by atoms with Gasteiger partial charge in [0, 0.05) is 31.0 Å². The van der Waals surface area contributed by atoms with Crippen LogP contribution in [-0.4, -0.2) is 29.2 Å². The number of benzene rings is 1. The number of rotatable bonds is 6. The highest BCUT2D eigenvalue weighted by Gasteiger charge is 2.27. The molecule has 5 heteroatoms. The molecule has 0 saturated heterocycles. The molecular formula is C16H19NO4. The summed E-state index contributed by atoms with van der Waals surface area (Å²) < 4.78 is 0. The molecule has 1 aromatic rings. The molecule has 1 fully saturated rings. The Balaban J connectivity index is 1.88. The number of ketones is 2. The van der Waals surface area contributed by atoms with Crippen molar-refractivity contribution in [2.24, 2.45) is 0 Å². The van der Waals surface area contributed by atoms with Gasteiger partial charge in [0.25, 0.3) is 0 Å². The summed E-state index contributed by atoms with van der Waals surface area (Å²) in [5, 5.41) is 11.7. The summed E-state index contributed by atoms with van der Waals surface area (Å²) in [5.74, 6) is -0.914. The molecule has 1 aliphatic rings. The van der Waals surface area contributed by atoms with Crippen LogP contribution in [0.1, 0.15) is 43.6 Å². The maximum absolute atomic E-state index is 11.9. The van der Waals surface area contributed by atoms with E-state index in [9.17, 15) is 14.4 Å². The second-order valence-electron chi connectivity index (χ2n) is 5.32. The highest BCUT2D eigenvalue weighted by Crippen LogP contribution is 2.29. The van der Waals surface area contributed by atoms with E-state index in [0.29, 0.717) is 25.8 Å². The van der Waals surface area contributed by atoms with E-state index in [4.69, 9.17) is 5.11 Å². The van der Waals surface area contributed by atoms with E-state index in [1.165, 1.54) is 0 Å². The lowest BCUT2D eigenvalue weighted by molar-refractivity contribution is -0.137. The van der Waals surface area contributed by atoms with E-state index in [1.54, 1.807) is 0 Å². The highest BCUT2D eigenvalue weighted by molar-refractivity contribution is 6.04. The third kappa shape index (κ3) is 4.41. The van der Waals surface area contributed by atoms with E-state index < -0.39 is 5.97 Å². The van der Waals surface area contributed by atoms with Gasteiger partial charge in [-0.25, -0.2) is 0 Å². The SMILES string of the molecule is O=C(O)CCCNc1ccc(C2CCC(=O)CC2=O)cc1. The Morgan fingerprint density at radius 1 is 1.24 bits per heavy atom. The minimum Gasteiger partial charge on any atom is -0.481 e. The molecule has 1 aromatic carbocycles. The van der Waals surface area contributed by atoms with Gasteiger partial charge in [0.1, 0.15) is 11.6 Å². The first-order valence-corrected chi connectivity index (χ1v) is 7.16. The second-order valence-corrected chi connectivity index (χ2v) is 5.32. The van der Waals surface area contributed by atoms with Crippen LogP contribution in [0.25, 0.3) is 0 Å². The fraction of sp³-hybridized carbons (Fsp3) is 0.438. The van der Waals surface area contributed by atoms with Crippen molar-refractivity contribution in [3.05, 3.63) is 29.8 Å². The first kappa shape index (κ1) is 15.2. The maximum atomic E-state index is 11.9. The molecular weight excluding hydrogens is 270 g/mol. The molecule has 1 atom stereocenters. The number of carbonyl (C=O) groups excluding carboxylic acids is 2. The molecule has 2 N–H and O–H groups in total. The molecule has 0 bridgehead atoms. The average Bonchev–Trinajstić information content (AvgIpc) is 2.44. The van der Waals surface area contributed by atoms with Crippen LogP contribution in [0, 0.1) is 0 Å². The number of carboxylic acid groups (broad SMARTS) is 1. The maximum Gasteiger partial charge on any atom is 0.303 e. The van der Waals surface area contributed by atoms with E-state index in [-0.39, 0.29) is 30.3 Å². The molecule has 1 saturated carbocycles. The summed E-state index contributed by atoms with van der Waals surface area (Å²) >= 11 is 0. The number of hydrogen-bond donors (Lipinski definition) is 2. The van der Waals surface area contributed by atoms with Crippen LogP contribution in [0.4, 0.5) is 5.69 Å². The molecule has 0 radical (unpaired) electrons. The lowest BCUT2D eigenvalue weighted by atomic mass is 9.82. The summed E-state index contributed by atoms with van der Waals surface area (Å²) in [6.45, 7) is 0.600. The molecule has 112 valence electrons. The van der Waals surface area contributed by atoms with Crippen molar-refractivity contribution in [3.63, 3.8) is 0 Å². The minimum atomic E-state index is -0.794. The van der Waals surface area contributed by atoms with Crippen LogP contribution in [0.2, 0.25) is 0 Å². The standard InChI is InChI=1S/C16H19NO4/c18-13-7-8-14(15(19)10-13)11-3-5-12(6-4-11)17-9-1-2-16(20)21/h3-6,14,17H,1-2,7-10H2,(H,20,21). The number of hydrogen-bond acceptors (Lipinski definition) is 4. The molecule has 5 nitrogen and oxygen atoms in total. The van der Waals surface area contributed by atoms with Crippen LogP contribution < -0.4 is 5.32 Å². The van der Waals surface area contributed by atoms with Gasteiger partial charge in [0.05, 0.1) is 6.42 Å².